The average Bonchev–Trinajstić information content (AvgIpc) is 3.34. The first-order valence-corrected chi connectivity index (χ1v) is 10.9. The Balaban J connectivity index is 1.43. The van der Waals surface area contributed by atoms with Gasteiger partial charge in [-0.1, -0.05) is 36.4 Å². The van der Waals surface area contributed by atoms with Crippen molar-refractivity contribution in [3.05, 3.63) is 60.2 Å². The molecule has 4 atom stereocenters. The van der Waals surface area contributed by atoms with Crippen LogP contribution >= 0.6 is 0 Å². The summed E-state index contributed by atoms with van der Waals surface area (Å²) in [5, 5.41) is 13.9. The number of nitrogens with zero attached hydrogens (tertiary/aromatic N) is 3. The number of anilines is 2. The van der Waals surface area contributed by atoms with Gasteiger partial charge in [0.05, 0.1) is 6.61 Å². The molecule has 2 N–H and O–H groups in total. The lowest BCUT2D eigenvalue weighted by atomic mass is 9.87. The van der Waals surface area contributed by atoms with Gasteiger partial charge in [-0.3, -0.25) is 0 Å². The number of hydrogen-bond donors (Lipinski definition) is 2. The Hall–Kier alpha value is -2.08. The predicted molar refractivity (Wildman–Crippen MR) is 119 cm³/mol. The van der Waals surface area contributed by atoms with Crippen molar-refractivity contribution in [2.75, 3.05) is 62.7 Å². The monoisotopic (exact) mass is 392 g/mol. The highest BCUT2D eigenvalue weighted by Crippen LogP contribution is 2.45. The minimum atomic E-state index is 0.166. The Labute approximate surface area is 173 Å². The van der Waals surface area contributed by atoms with Gasteiger partial charge in [0.2, 0.25) is 0 Å². The number of hydrogen-bond acceptors (Lipinski definition) is 5. The number of nitrogens with one attached hydrogen (secondary N) is 1. The largest absolute Gasteiger partial charge is 0.395 e. The standard InChI is InChI=1S/C24H32N4O/c1-26-11-13-27(14-12-26)23-10-6-5-9-19(23)24-21-16-28(18-7-3-2-4-8-18)15-20(21)22(17-29)25-24/h2-10,20-22,24-25,29H,11-17H2,1H3/t20-,21+,22-,24+/m0/s1. The molecular formula is C24H32N4O. The van der Waals surface area contributed by atoms with Crippen LogP contribution in [0.1, 0.15) is 11.6 Å². The number of rotatable bonds is 4. The molecule has 2 aromatic carbocycles. The Morgan fingerprint density at radius 3 is 2.31 bits per heavy atom. The van der Waals surface area contributed by atoms with Crippen molar-refractivity contribution in [3.8, 4) is 0 Å². The van der Waals surface area contributed by atoms with E-state index in [0.29, 0.717) is 17.9 Å². The molecule has 154 valence electrons. The highest BCUT2D eigenvalue weighted by Gasteiger charge is 2.49. The number of piperazine rings is 1. The van der Waals surface area contributed by atoms with Crippen LogP contribution in [-0.4, -0.2) is 69.0 Å². The van der Waals surface area contributed by atoms with Gasteiger partial charge >= 0.3 is 0 Å². The molecule has 5 nitrogen and oxygen atoms in total. The van der Waals surface area contributed by atoms with E-state index in [9.17, 15) is 5.11 Å². The van der Waals surface area contributed by atoms with Crippen LogP contribution in [0, 0.1) is 11.8 Å². The third kappa shape index (κ3) is 3.52. The second kappa shape index (κ2) is 7.98. The molecule has 3 aliphatic rings. The summed E-state index contributed by atoms with van der Waals surface area (Å²) in [6.07, 6.45) is 0. The van der Waals surface area contributed by atoms with Gasteiger partial charge in [0.25, 0.3) is 0 Å². The first kappa shape index (κ1) is 18.9. The molecule has 0 unspecified atom stereocenters. The van der Waals surface area contributed by atoms with Crippen molar-refractivity contribution in [3.63, 3.8) is 0 Å². The van der Waals surface area contributed by atoms with Crippen molar-refractivity contribution < 1.29 is 5.11 Å². The second-order valence-corrected chi connectivity index (χ2v) is 8.85. The molecule has 0 radical (unpaired) electrons. The smallest absolute Gasteiger partial charge is 0.0588 e. The first-order valence-electron chi connectivity index (χ1n) is 10.9. The Bertz CT molecular complexity index is 821. The van der Waals surface area contributed by atoms with Gasteiger partial charge in [-0.15, -0.1) is 0 Å². The van der Waals surface area contributed by atoms with E-state index >= 15 is 0 Å². The molecule has 3 heterocycles. The minimum absolute atomic E-state index is 0.166. The molecule has 5 rings (SSSR count). The number of aliphatic hydroxyl groups is 1. The molecule has 2 aromatic rings. The maximum atomic E-state index is 10.1. The Morgan fingerprint density at radius 2 is 1.55 bits per heavy atom. The second-order valence-electron chi connectivity index (χ2n) is 8.85. The van der Waals surface area contributed by atoms with Crippen molar-refractivity contribution in [1.29, 1.82) is 0 Å². The fourth-order valence-corrected chi connectivity index (χ4v) is 5.55. The number of benzene rings is 2. The highest BCUT2D eigenvalue weighted by molar-refractivity contribution is 5.57. The summed E-state index contributed by atoms with van der Waals surface area (Å²) in [6, 6.07) is 20.1. The van der Waals surface area contributed by atoms with Gasteiger partial charge in [-0.05, 0) is 30.8 Å². The lowest BCUT2D eigenvalue weighted by Gasteiger charge is -2.36. The van der Waals surface area contributed by atoms with Gasteiger partial charge in [0, 0.05) is 74.6 Å². The molecule has 0 aliphatic carbocycles. The molecule has 0 saturated carbocycles. The zero-order chi connectivity index (χ0) is 19.8. The van der Waals surface area contributed by atoms with E-state index < -0.39 is 0 Å². The van der Waals surface area contributed by atoms with Crippen LogP contribution in [0.4, 0.5) is 11.4 Å². The van der Waals surface area contributed by atoms with E-state index in [1.165, 1.54) is 16.9 Å². The highest BCUT2D eigenvalue weighted by atomic mass is 16.3. The van der Waals surface area contributed by atoms with Crippen LogP contribution in [0.2, 0.25) is 0 Å². The van der Waals surface area contributed by atoms with Gasteiger partial charge < -0.3 is 25.1 Å². The Kier molecular flexibility index (Phi) is 5.20. The summed E-state index contributed by atoms with van der Waals surface area (Å²) in [6.45, 7) is 6.64. The maximum Gasteiger partial charge on any atom is 0.0588 e. The molecule has 5 heteroatoms. The van der Waals surface area contributed by atoms with Gasteiger partial charge in [-0.25, -0.2) is 0 Å². The fourth-order valence-electron chi connectivity index (χ4n) is 5.55. The number of likely N-dealkylation sites (N-methyl/N-ethyl adjacent to an activating group) is 1. The van der Waals surface area contributed by atoms with E-state index in [1.54, 1.807) is 0 Å². The molecule has 29 heavy (non-hydrogen) atoms. The fraction of sp³-hybridized carbons (Fsp3) is 0.500. The number of aliphatic hydroxyl groups excluding tert-OH is 1. The van der Waals surface area contributed by atoms with Crippen molar-refractivity contribution in [2.45, 2.75) is 12.1 Å². The lowest BCUT2D eigenvalue weighted by Crippen LogP contribution is -2.45. The summed E-state index contributed by atoms with van der Waals surface area (Å²) < 4.78 is 0. The van der Waals surface area contributed by atoms with Crippen LogP contribution in [0.3, 0.4) is 0 Å². The molecule has 3 fully saturated rings. The lowest BCUT2D eigenvalue weighted by molar-refractivity contribution is 0.227. The summed E-state index contributed by atoms with van der Waals surface area (Å²) in [5.41, 5.74) is 4.07. The van der Waals surface area contributed by atoms with Crippen LogP contribution in [-0.2, 0) is 0 Å². The van der Waals surface area contributed by atoms with E-state index in [-0.39, 0.29) is 12.6 Å². The first-order chi connectivity index (χ1) is 14.2. The molecule has 0 spiro atoms. The van der Waals surface area contributed by atoms with Crippen molar-refractivity contribution >= 4 is 11.4 Å². The third-order valence-corrected chi connectivity index (χ3v) is 7.18. The summed E-state index contributed by atoms with van der Waals surface area (Å²) in [5.74, 6) is 0.992. The zero-order valence-corrected chi connectivity index (χ0v) is 17.2. The van der Waals surface area contributed by atoms with Crippen LogP contribution in [0.15, 0.2) is 54.6 Å². The Morgan fingerprint density at radius 1 is 0.862 bits per heavy atom. The van der Waals surface area contributed by atoms with Gasteiger partial charge in [-0.2, -0.15) is 0 Å². The molecule has 3 aliphatic heterocycles. The topological polar surface area (TPSA) is 42.0 Å². The minimum Gasteiger partial charge on any atom is -0.395 e. The predicted octanol–water partition coefficient (Wildman–Crippen LogP) is 2.20. The summed E-state index contributed by atoms with van der Waals surface area (Å²) in [4.78, 5) is 7.45. The SMILES string of the molecule is CN1CCN(c2ccccc2[C@H]2N[C@@H](CO)[C@H]3CN(c4ccccc4)C[C@H]32)CC1. The number of para-hydroxylation sites is 2. The molecular weight excluding hydrogens is 360 g/mol. The maximum absolute atomic E-state index is 10.1. The normalized spacial score (nSPS) is 30.0. The molecule has 0 bridgehead atoms. The average molecular weight is 393 g/mol. The quantitative estimate of drug-likeness (QED) is 0.835. The third-order valence-electron chi connectivity index (χ3n) is 7.18. The van der Waals surface area contributed by atoms with Crippen LogP contribution < -0.4 is 15.1 Å². The zero-order valence-electron chi connectivity index (χ0n) is 17.2. The van der Waals surface area contributed by atoms with Crippen LogP contribution in [0.5, 0.6) is 0 Å². The van der Waals surface area contributed by atoms with E-state index in [4.69, 9.17) is 0 Å². The van der Waals surface area contributed by atoms with Crippen molar-refractivity contribution in [2.24, 2.45) is 11.8 Å². The summed E-state index contributed by atoms with van der Waals surface area (Å²) >= 11 is 0. The van der Waals surface area contributed by atoms with Crippen molar-refractivity contribution in [1.82, 2.24) is 10.2 Å². The van der Waals surface area contributed by atoms with E-state index in [2.05, 4.69) is 81.7 Å². The molecule has 3 saturated heterocycles. The van der Waals surface area contributed by atoms with Gasteiger partial charge in [0.15, 0.2) is 0 Å². The van der Waals surface area contributed by atoms with E-state index in [1.807, 2.05) is 0 Å². The van der Waals surface area contributed by atoms with Gasteiger partial charge in [0.1, 0.15) is 0 Å². The number of fused-ring (bicyclic) bond motifs is 1. The summed E-state index contributed by atoms with van der Waals surface area (Å²) in [7, 11) is 2.20. The van der Waals surface area contributed by atoms with Crippen LogP contribution in [0.25, 0.3) is 0 Å². The molecule has 0 aromatic heterocycles. The van der Waals surface area contributed by atoms with E-state index in [0.717, 1.165) is 39.3 Å². The molecule has 0 amide bonds.